The molecule has 3 aromatic heterocycles. The van der Waals surface area contributed by atoms with Crippen LogP contribution in [0.25, 0.3) is 21.9 Å². The lowest BCUT2D eigenvalue weighted by molar-refractivity contribution is 0.316. The highest BCUT2D eigenvalue weighted by atomic mass is 16.1. The molecule has 0 radical (unpaired) electrons. The quantitative estimate of drug-likeness (QED) is 0.356. The molecule has 2 N–H and O–H groups in total. The van der Waals surface area contributed by atoms with Crippen LogP contribution in [0.2, 0.25) is 0 Å². The van der Waals surface area contributed by atoms with Crippen LogP contribution in [0.4, 0.5) is 11.6 Å². The van der Waals surface area contributed by atoms with Gasteiger partial charge in [-0.3, -0.25) is 9.36 Å². The zero-order valence-corrected chi connectivity index (χ0v) is 21.3. The van der Waals surface area contributed by atoms with Crippen molar-refractivity contribution in [2.75, 3.05) is 12.4 Å². The summed E-state index contributed by atoms with van der Waals surface area (Å²) in [6.07, 6.45) is 14.2. The highest BCUT2D eigenvalue weighted by Gasteiger charge is 2.31. The van der Waals surface area contributed by atoms with E-state index in [0.717, 1.165) is 49.7 Å². The van der Waals surface area contributed by atoms with Gasteiger partial charge in [-0.2, -0.15) is 10.2 Å². The Morgan fingerprint density at radius 1 is 1.11 bits per heavy atom. The largest absolute Gasteiger partial charge is 0.347 e. The number of rotatable bonds is 7. The molecule has 0 saturated heterocycles. The molecule has 8 nitrogen and oxygen atoms in total. The smallest absolute Gasteiger partial charge is 0.270 e. The lowest BCUT2D eigenvalue weighted by Crippen LogP contribution is -2.40. The molecule has 1 aromatic carbocycles. The van der Waals surface area contributed by atoms with Crippen LogP contribution in [0, 0.1) is 11.3 Å². The van der Waals surface area contributed by atoms with Crippen LogP contribution in [0.5, 0.6) is 0 Å². The Kier molecular flexibility index (Phi) is 6.17. The van der Waals surface area contributed by atoms with E-state index in [4.69, 9.17) is 4.98 Å². The van der Waals surface area contributed by atoms with Crippen molar-refractivity contribution < 1.29 is 0 Å². The van der Waals surface area contributed by atoms with Gasteiger partial charge in [-0.05, 0) is 69.5 Å². The van der Waals surface area contributed by atoms with Crippen LogP contribution in [0.3, 0.4) is 0 Å². The number of nitriles is 1. The molecule has 0 atom stereocenters. The fourth-order valence-corrected chi connectivity index (χ4v) is 6.37. The summed E-state index contributed by atoms with van der Waals surface area (Å²) in [4.78, 5) is 22.3. The third kappa shape index (κ3) is 4.38. The average Bonchev–Trinajstić information content (AvgIpc) is 3.69. The summed E-state index contributed by atoms with van der Waals surface area (Å²) in [6.45, 7) is 0.994. The minimum absolute atomic E-state index is 0.0773. The van der Waals surface area contributed by atoms with Gasteiger partial charge in [0, 0.05) is 52.5 Å². The van der Waals surface area contributed by atoms with Crippen molar-refractivity contribution in [3.63, 3.8) is 0 Å². The summed E-state index contributed by atoms with van der Waals surface area (Å²) >= 11 is 0. The molecule has 2 fully saturated rings. The van der Waals surface area contributed by atoms with Crippen molar-refractivity contribution in [1.29, 1.82) is 5.26 Å². The number of nitrogens with zero attached hydrogens (tertiary/aromatic N) is 5. The van der Waals surface area contributed by atoms with E-state index >= 15 is 0 Å². The Hall–Kier alpha value is -3.70. The molecule has 0 bridgehead atoms. The standard InChI is InChI=1S/C29H33N7O/c1-31-29(11-4-5-12-29)13-15-35-14-10-20-17-23(8-9-25(20)35)33-28-32-19-22-16-21(18-30)27(37)36(26(22)34-28)24-6-2-3-7-24/h8-10,14,16-17,19,24,31H,2-7,11-13,15H2,1H3,(H,32,33,34). The molecule has 3 heterocycles. The normalized spacial score (nSPS) is 17.5. The zero-order chi connectivity index (χ0) is 25.4. The second-order valence-electron chi connectivity index (χ2n) is 10.7. The predicted octanol–water partition coefficient (Wildman–Crippen LogP) is 5.40. The van der Waals surface area contributed by atoms with Crippen molar-refractivity contribution in [3.05, 3.63) is 58.6 Å². The molecule has 0 amide bonds. The summed E-state index contributed by atoms with van der Waals surface area (Å²) in [6, 6.07) is 12.2. The van der Waals surface area contributed by atoms with Gasteiger partial charge in [-0.25, -0.2) is 4.98 Å². The van der Waals surface area contributed by atoms with Gasteiger partial charge in [0.15, 0.2) is 0 Å². The van der Waals surface area contributed by atoms with E-state index in [-0.39, 0.29) is 22.7 Å². The minimum Gasteiger partial charge on any atom is -0.347 e. The molecule has 2 saturated carbocycles. The van der Waals surface area contributed by atoms with Crippen LogP contribution in [-0.4, -0.2) is 31.7 Å². The summed E-state index contributed by atoms with van der Waals surface area (Å²) in [5.74, 6) is 0.444. The average molecular weight is 496 g/mol. The molecule has 0 unspecified atom stereocenters. The van der Waals surface area contributed by atoms with Crippen LogP contribution >= 0.6 is 0 Å². The van der Waals surface area contributed by atoms with Crippen molar-refractivity contribution in [1.82, 2.24) is 24.4 Å². The van der Waals surface area contributed by atoms with Crippen LogP contribution in [0.1, 0.15) is 69.4 Å². The summed E-state index contributed by atoms with van der Waals surface area (Å²) in [5, 5.41) is 18.3. The maximum atomic E-state index is 13.0. The maximum Gasteiger partial charge on any atom is 0.270 e. The van der Waals surface area contributed by atoms with Gasteiger partial charge in [0.2, 0.25) is 5.95 Å². The molecule has 2 aliphatic carbocycles. The molecule has 37 heavy (non-hydrogen) atoms. The first-order chi connectivity index (χ1) is 18.1. The number of nitrogens with one attached hydrogen (secondary N) is 2. The van der Waals surface area contributed by atoms with Crippen LogP contribution < -0.4 is 16.2 Å². The second kappa shape index (κ2) is 9.64. The maximum absolute atomic E-state index is 13.0. The predicted molar refractivity (Wildman–Crippen MR) is 146 cm³/mol. The Morgan fingerprint density at radius 3 is 2.68 bits per heavy atom. The number of aryl methyl sites for hydroxylation is 1. The van der Waals surface area contributed by atoms with Gasteiger partial charge in [0.25, 0.3) is 5.56 Å². The number of anilines is 2. The van der Waals surface area contributed by atoms with Gasteiger partial charge >= 0.3 is 0 Å². The highest BCUT2D eigenvalue weighted by molar-refractivity contribution is 5.85. The number of aromatic nitrogens is 4. The lowest BCUT2D eigenvalue weighted by atomic mass is 9.93. The molecular weight excluding hydrogens is 462 g/mol. The lowest BCUT2D eigenvalue weighted by Gasteiger charge is -2.29. The first-order valence-corrected chi connectivity index (χ1v) is 13.5. The van der Waals surface area contributed by atoms with E-state index in [9.17, 15) is 10.1 Å². The molecule has 6 rings (SSSR count). The van der Waals surface area contributed by atoms with Gasteiger partial charge in [0.05, 0.1) is 0 Å². The SMILES string of the molecule is CNC1(CCn2ccc3cc(Nc4ncc5cc(C#N)c(=O)n(C6CCCC6)c5n4)ccc32)CCCC1. The van der Waals surface area contributed by atoms with E-state index in [1.807, 2.05) is 6.07 Å². The monoisotopic (exact) mass is 495 g/mol. The van der Waals surface area contributed by atoms with E-state index in [0.29, 0.717) is 17.0 Å². The first-order valence-electron chi connectivity index (χ1n) is 13.5. The van der Waals surface area contributed by atoms with Gasteiger partial charge in [0.1, 0.15) is 17.3 Å². The van der Waals surface area contributed by atoms with Crippen molar-refractivity contribution in [2.24, 2.45) is 0 Å². The molecule has 2 aliphatic rings. The minimum atomic E-state index is -0.257. The van der Waals surface area contributed by atoms with E-state index < -0.39 is 0 Å². The third-order valence-corrected chi connectivity index (χ3v) is 8.53. The van der Waals surface area contributed by atoms with Crippen molar-refractivity contribution in [3.8, 4) is 6.07 Å². The molecule has 4 aromatic rings. The Balaban J connectivity index is 1.27. The number of hydrogen-bond donors (Lipinski definition) is 2. The fraction of sp³-hybridized carbons (Fsp3) is 0.448. The zero-order valence-electron chi connectivity index (χ0n) is 21.3. The summed E-state index contributed by atoms with van der Waals surface area (Å²) < 4.78 is 4.06. The highest BCUT2D eigenvalue weighted by Crippen LogP contribution is 2.34. The van der Waals surface area contributed by atoms with Gasteiger partial charge in [-0.1, -0.05) is 25.7 Å². The molecular formula is C29H33N7O. The van der Waals surface area contributed by atoms with E-state index in [1.54, 1.807) is 16.8 Å². The summed E-state index contributed by atoms with van der Waals surface area (Å²) in [7, 11) is 2.10. The fourth-order valence-electron chi connectivity index (χ4n) is 6.37. The van der Waals surface area contributed by atoms with Crippen molar-refractivity contribution in [2.45, 2.75) is 75.9 Å². The molecule has 8 heteroatoms. The van der Waals surface area contributed by atoms with E-state index in [2.05, 4.69) is 57.7 Å². The van der Waals surface area contributed by atoms with Gasteiger partial charge < -0.3 is 15.2 Å². The summed E-state index contributed by atoms with van der Waals surface area (Å²) in [5.41, 5.74) is 2.87. The number of fused-ring (bicyclic) bond motifs is 2. The van der Waals surface area contributed by atoms with Crippen LogP contribution in [-0.2, 0) is 6.54 Å². The Bertz CT molecular complexity index is 1550. The number of pyridine rings is 1. The second-order valence-corrected chi connectivity index (χ2v) is 10.7. The topological polar surface area (TPSA) is 101 Å². The number of hydrogen-bond acceptors (Lipinski definition) is 6. The molecule has 0 aliphatic heterocycles. The van der Waals surface area contributed by atoms with Crippen molar-refractivity contribution >= 4 is 33.6 Å². The molecule has 0 spiro atoms. The molecule has 190 valence electrons. The number of benzene rings is 1. The van der Waals surface area contributed by atoms with Gasteiger partial charge in [-0.15, -0.1) is 0 Å². The Morgan fingerprint density at radius 2 is 1.92 bits per heavy atom. The van der Waals surface area contributed by atoms with Crippen LogP contribution in [0.15, 0.2) is 47.5 Å². The van der Waals surface area contributed by atoms with E-state index in [1.165, 1.54) is 31.2 Å². The third-order valence-electron chi connectivity index (χ3n) is 8.53. The Labute approximate surface area is 216 Å². The first kappa shape index (κ1) is 23.7.